The summed E-state index contributed by atoms with van der Waals surface area (Å²) in [5.41, 5.74) is 2.67. The molecule has 31 heavy (non-hydrogen) atoms. The van der Waals surface area contributed by atoms with Crippen molar-refractivity contribution in [3.8, 4) is 0 Å². The van der Waals surface area contributed by atoms with Crippen LogP contribution in [0.15, 0.2) is 65.4 Å². The highest BCUT2D eigenvalue weighted by Crippen LogP contribution is 2.15. The largest absolute Gasteiger partial charge is 0.467 e. The molecule has 0 unspecified atom stereocenters. The monoisotopic (exact) mass is 422 g/mol. The molecule has 162 valence electrons. The van der Waals surface area contributed by atoms with Crippen molar-refractivity contribution in [2.45, 2.75) is 19.8 Å². The van der Waals surface area contributed by atoms with Gasteiger partial charge in [0.05, 0.1) is 26.1 Å². The van der Waals surface area contributed by atoms with Crippen LogP contribution in [0.2, 0.25) is 0 Å². The van der Waals surface area contributed by atoms with Crippen LogP contribution in [0.25, 0.3) is 0 Å². The minimum Gasteiger partial charge on any atom is -0.467 e. The highest BCUT2D eigenvalue weighted by Gasteiger charge is 2.12. The van der Waals surface area contributed by atoms with Crippen molar-refractivity contribution in [2.75, 3.05) is 36.5 Å². The summed E-state index contributed by atoms with van der Waals surface area (Å²) in [6.45, 7) is 4.32. The quantitative estimate of drug-likeness (QED) is 0.577. The number of pyridine rings is 1. The highest BCUT2D eigenvalue weighted by molar-refractivity contribution is 5.89. The van der Waals surface area contributed by atoms with Crippen LogP contribution < -0.4 is 15.5 Å². The molecule has 1 fully saturated rings. The fraction of sp³-hybridized carbons (Fsp3) is 0.304. The van der Waals surface area contributed by atoms with E-state index in [1.807, 2.05) is 48.5 Å². The summed E-state index contributed by atoms with van der Waals surface area (Å²) >= 11 is 0. The van der Waals surface area contributed by atoms with Gasteiger partial charge in [0.1, 0.15) is 18.2 Å². The molecule has 1 aliphatic rings. The van der Waals surface area contributed by atoms with Crippen LogP contribution in [-0.2, 0) is 29.2 Å². The summed E-state index contributed by atoms with van der Waals surface area (Å²) in [5, 5.41) is 5.76. The van der Waals surface area contributed by atoms with Crippen LogP contribution >= 0.6 is 0 Å². The van der Waals surface area contributed by atoms with Gasteiger partial charge in [0.15, 0.2) is 0 Å². The number of aromatic nitrogens is 1. The van der Waals surface area contributed by atoms with Gasteiger partial charge in [0, 0.05) is 31.5 Å². The first kappa shape index (κ1) is 20.9. The van der Waals surface area contributed by atoms with E-state index in [1.54, 1.807) is 12.5 Å². The van der Waals surface area contributed by atoms with E-state index in [9.17, 15) is 4.79 Å². The van der Waals surface area contributed by atoms with Gasteiger partial charge < -0.3 is 29.4 Å². The summed E-state index contributed by atoms with van der Waals surface area (Å²) in [4.78, 5) is 19.0. The normalized spacial score (nSPS) is 13.7. The highest BCUT2D eigenvalue weighted by atomic mass is 16.5. The van der Waals surface area contributed by atoms with Crippen LogP contribution in [0.1, 0.15) is 16.9 Å². The zero-order chi connectivity index (χ0) is 21.3. The van der Waals surface area contributed by atoms with Crippen LogP contribution in [0.5, 0.6) is 0 Å². The number of anilines is 2. The third kappa shape index (κ3) is 6.31. The fourth-order valence-corrected chi connectivity index (χ4v) is 3.30. The van der Waals surface area contributed by atoms with Crippen molar-refractivity contribution >= 4 is 17.5 Å². The van der Waals surface area contributed by atoms with Crippen LogP contribution in [-0.4, -0.2) is 37.3 Å². The number of benzene rings is 1. The number of nitrogens with one attached hydrogen (secondary N) is 2. The van der Waals surface area contributed by atoms with Gasteiger partial charge in [-0.05, 0) is 47.5 Å². The zero-order valence-corrected chi connectivity index (χ0v) is 17.3. The number of rotatable bonds is 8. The van der Waals surface area contributed by atoms with Gasteiger partial charge in [0.25, 0.3) is 0 Å². The molecule has 1 aromatic carbocycles. The van der Waals surface area contributed by atoms with E-state index < -0.39 is 0 Å². The molecule has 1 aliphatic heterocycles. The average molecular weight is 422 g/mol. The van der Waals surface area contributed by atoms with Crippen molar-refractivity contribution in [3.63, 3.8) is 0 Å². The number of furan rings is 1. The van der Waals surface area contributed by atoms with Gasteiger partial charge in [0.2, 0.25) is 0 Å². The number of ether oxygens (including phenoxy) is 2. The van der Waals surface area contributed by atoms with E-state index in [4.69, 9.17) is 13.9 Å². The fourth-order valence-electron chi connectivity index (χ4n) is 3.30. The number of hydrogen-bond donors (Lipinski definition) is 2. The van der Waals surface area contributed by atoms with Gasteiger partial charge in [-0.25, -0.2) is 9.78 Å². The standard InChI is InChI=1S/C23H26N4O4/c28-23(25-15-18-6-7-24-22(14-18)27-8-11-29-12-9-27)26-20-4-1-3-19(13-20)16-30-17-21-5-2-10-31-21/h1-7,10,13-14H,8-9,11-12,15-17H2,(H2,25,26,28). The lowest BCUT2D eigenvalue weighted by Crippen LogP contribution is -2.36. The molecule has 3 heterocycles. The molecule has 0 atom stereocenters. The van der Waals surface area contributed by atoms with Crippen molar-refractivity contribution in [3.05, 3.63) is 77.9 Å². The maximum absolute atomic E-state index is 12.3. The first-order valence-corrected chi connectivity index (χ1v) is 10.3. The van der Waals surface area contributed by atoms with E-state index in [2.05, 4.69) is 20.5 Å². The van der Waals surface area contributed by atoms with Crippen molar-refractivity contribution in [2.24, 2.45) is 0 Å². The molecule has 2 aromatic heterocycles. The third-order valence-electron chi connectivity index (χ3n) is 4.88. The number of urea groups is 1. The predicted octanol–water partition coefficient (Wildman–Crippen LogP) is 3.55. The van der Waals surface area contributed by atoms with E-state index in [-0.39, 0.29) is 6.03 Å². The Labute approximate surface area is 181 Å². The van der Waals surface area contributed by atoms with Gasteiger partial charge in [-0.1, -0.05) is 12.1 Å². The SMILES string of the molecule is O=C(NCc1ccnc(N2CCOCC2)c1)Nc1cccc(COCc2ccco2)c1. The Balaban J connectivity index is 1.25. The molecule has 0 aliphatic carbocycles. The number of hydrogen-bond acceptors (Lipinski definition) is 6. The Kier molecular flexibility index (Phi) is 7.15. The first-order valence-electron chi connectivity index (χ1n) is 10.3. The van der Waals surface area contributed by atoms with Crippen molar-refractivity contribution < 1.29 is 18.7 Å². The zero-order valence-electron chi connectivity index (χ0n) is 17.3. The summed E-state index contributed by atoms with van der Waals surface area (Å²) in [7, 11) is 0. The minimum absolute atomic E-state index is 0.265. The number of carbonyl (C=O) groups excluding carboxylic acids is 1. The Morgan fingerprint density at radius 3 is 2.81 bits per heavy atom. The lowest BCUT2D eigenvalue weighted by atomic mass is 10.2. The summed E-state index contributed by atoms with van der Waals surface area (Å²) < 4.78 is 16.3. The molecule has 0 spiro atoms. The molecule has 0 bridgehead atoms. The molecule has 0 radical (unpaired) electrons. The topological polar surface area (TPSA) is 88.9 Å². The van der Waals surface area contributed by atoms with Crippen LogP contribution in [0, 0.1) is 0 Å². The van der Waals surface area contributed by atoms with Crippen molar-refractivity contribution in [1.82, 2.24) is 10.3 Å². The van der Waals surface area contributed by atoms with E-state index in [0.29, 0.717) is 38.7 Å². The lowest BCUT2D eigenvalue weighted by Gasteiger charge is -2.28. The molecule has 1 saturated heterocycles. The summed E-state index contributed by atoms with van der Waals surface area (Å²) in [6.07, 6.45) is 3.39. The first-order chi connectivity index (χ1) is 15.3. The molecule has 8 heteroatoms. The molecule has 4 rings (SSSR count). The van der Waals surface area contributed by atoms with Gasteiger partial charge in [-0.2, -0.15) is 0 Å². The second-order valence-electron chi connectivity index (χ2n) is 7.20. The Hall–Kier alpha value is -3.36. The average Bonchev–Trinajstić information content (AvgIpc) is 3.32. The van der Waals surface area contributed by atoms with E-state index in [0.717, 1.165) is 35.8 Å². The van der Waals surface area contributed by atoms with Crippen molar-refractivity contribution in [1.29, 1.82) is 0 Å². The molecule has 3 aromatic rings. The number of nitrogens with zero attached hydrogens (tertiary/aromatic N) is 2. The van der Waals surface area contributed by atoms with Gasteiger partial charge in [-0.3, -0.25) is 0 Å². The van der Waals surface area contributed by atoms with Crippen LogP contribution in [0.4, 0.5) is 16.3 Å². The maximum Gasteiger partial charge on any atom is 0.319 e. The van der Waals surface area contributed by atoms with E-state index >= 15 is 0 Å². The number of amides is 2. The second-order valence-corrected chi connectivity index (χ2v) is 7.20. The molecule has 2 amide bonds. The molecule has 2 N–H and O–H groups in total. The third-order valence-corrected chi connectivity index (χ3v) is 4.88. The summed E-state index contributed by atoms with van der Waals surface area (Å²) in [6, 6.07) is 14.9. The van der Waals surface area contributed by atoms with Gasteiger partial charge in [-0.15, -0.1) is 0 Å². The molecular weight excluding hydrogens is 396 g/mol. The predicted molar refractivity (Wildman–Crippen MR) is 117 cm³/mol. The van der Waals surface area contributed by atoms with Gasteiger partial charge >= 0.3 is 6.03 Å². The summed E-state index contributed by atoms with van der Waals surface area (Å²) in [5.74, 6) is 1.69. The Morgan fingerprint density at radius 1 is 1.06 bits per heavy atom. The smallest absolute Gasteiger partial charge is 0.319 e. The van der Waals surface area contributed by atoms with E-state index in [1.165, 1.54) is 0 Å². The Morgan fingerprint density at radius 2 is 1.97 bits per heavy atom. The lowest BCUT2D eigenvalue weighted by molar-refractivity contribution is 0.0930. The second kappa shape index (κ2) is 10.6. The maximum atomic E-state index is 12.3. The Bertz CT molecular complexity index is 971. The number of morpholine rings is 1. The molecule has 0 saturated carbocycles. The minimum atomic E-state index is -0.265. The molecule has 8 nitrogen and oxygen atoms in total. The number of carbonyl (C=O) groups is 1. The molecular formula is C23H26N4O4. The van der Waals surface area contributed by atoms with Crippen LogP contribution in [0.3, 0.4) is 0 Å².